The van der Waals surface area contributed by atoms with Crippen LogP contribution < -0.4 is 25.4 Å². The number of piperidine rings is 2. The number of anilines is 4. The number of hydrogen-bond donors (Lipinski definition) is 5. The van der Waals surface area contributed by atoms with Gasteiger partial charge in [0.15, 0.2) is 35.7 Å². The van der Waals surface area contributed by atoms with Gasteiger partial charge in [-0.05, 0) is 106 Å². The Morgan fingerprint density at radius 3 is 1.55 bits per heavy atom. The molecular weight excluding hydrogens is 733 g/mol. The van der Waals surface area contributed by atoms with E-state index in [2.05, 4.69) is 114 Å². The van der Waals surface area contributed by atoms with Crippen LogP contribution in [0.3, 0.4) is 0 Å². The molecule has 6 aromatic rings. The molecule has 0 atom stereocenters. The highest BCUT2D eigenvalue weighted by Crippen LogP contribution is 2.37. The summed E-state index contributed by atoms with van der Waals surface area (Å²) in [5, 5.41) is 24.3. The van der Waals surface area contributed by atoms with E-state index in [1.165, 1.54) is 48.8 Å². The molecule has 2 aliphatic rings. The molecule has 5 N–H and O–H groups in total. The molecule has 0 bridgehead atoms. The van der Waals surface area contributed by atoms with E-state index in [4.69, 9.17) is 22.6 Å². The summed E-state index contributed by atoms with van der Waals surface area (Å²) in [6, 6.07) is 16.6. The van der Waals surface area contributed by atoms with Crippen LogP contribution in [-0.2, 0) is 0 Å². The molecule has 0 radical (unpaired) electrons. The van der Waals surface area contributed by atoms with Crippen LogP contribution in [0.15, 0.2) is 73.3 Å². The van der Waals surface area contributed by atoms with Gasteiger partial charge in [0.05, 0.1) is 38.0 Å². The maximum Gasteiger partial charge on any atom is 0.288 e. The Bertz CT molecular complexity index is 2350. The Balaban J connectivity index is 0.000000177. The van der Waals surface area contributed by atoms with Gasteiger partial charge in [0.25, 0.3) is 11.6 Å². The Morgan fingerprint density at radius 1 is 0.655 bits per heavy atom. The smallest absolute Gasteiger partial charge is 0.288 e. The second kappa shape index (κ2) is 18.8. The van der Waals surface area contributed by atoms with Crippen LogP contribution in [0, 0.1) is 13.1 Å². The van der Waals surface area contributed by atoms with Gasteiger partial charge in [-0.15, -0.1) is 9.97 Å². The molecule has 2 aromatic carbocycles. The second-order valence-electron chi connectivity index (χ2n) is 14.0. The highest BCUT2D eigenvalue weighted by Gasteiger charge is 2.22. The lowest BCUT2D eigenvalue weighted by Crippen LogP contribution is -2.32. The molecule has 0 spiro atoms. The fraction of sp³-hybridized carbons (Fsp3) is 0.333. The van der Waals surface area contributed by atoms with E-state index < -0.39 is 0 Å². The largest absolute Gasteiger partial charge is 0.496 e. The molecule has 0 aliphatic carbocycles. The Hall–Kier alpha value is -6.88. The molecule has 58 heavy (non-hydrogen) atoms. The standard InChI is InChI=1S/C22H25N7O.C20H21N7O/c1-4-29-9-7-15(8-10-29)16-5-6-17(19(11-16)30-3)18-12-20(28-27-18)26-22-14-24-21(23-2)13-25-22;1-21-19-11-24-20(12-23-19)25-18-10-16(26-27-18)15-4-3-14(9-17(15)28-2)13-5-7-22-8-6-13/h5-6,11-15H,4,7-10H2,1,3H3,(H2,25,26,27,28);3-4,9-13,22H,5-8H2,2H3,(H2,24,25,26,27). The average molecular weight is 779 g/mol. The van der Waals surface area contributed by atoms with Crippen molar-refractivity contribution in [1.82, 2.24) is 50.5 Å². The van der Waals surface area contributed by atoms with Crippen molar-refractivity contribution in [3.63, 3.8) is 0 Å². The van der Waals surface area contributed by atoms with Gasteiger partial charge >= 0.3 is 0 Å². The lowest BCUT2D eigenvalue weighted by atomic mass is 9.88. The minimum Gasteiger partial charge on any atom is -0.496 e. The van der Waals surface area contributed by atoms with Crippen molar-refractivity contribution >= 4 is 34.9 Å². The number of methoxy groups -OCH3 is 2. The Morgan fingerprint density at radius 2 is 1.14 bits per heavy atom. The van der Waals surface area contributed by atoms with Crippen molar-refractivity contribution in [2.45, 2.75) is 44.4 Å². The highest BCUT2D eigenvalue weighted by atomic mass is 16.5. The molecule has 2 fully saturated rings. The van der Waals surface area contributed by atoms with Gasteiger partial charge in [-0.2, -0.15) is 10.2 Å². The Labute approximate surface area is 337 Å². The zero-order valence-electron chi connectivity index (χ0n) is 32.8. The molecular formula is C42H46N14O2. The number of ether oxygens (including phenoxy) is 2. The number of likely N-dealkylation sites (tertiary alicyclic amines) is 1. The summed E-state index contributed by atoms with van der Waals surface area (Å²) in [7, 11) is 3.39. The highest BCUT2D eigenvalue weighted by molar-refractivity contribution is 5.72. The number of hydrogen-bond acceptors (Lipinski definition) is 12. The molecule has 296 valence electrons. The number of nitrogens with one attached hydrogen (secondary N) is 5. The topological polar surface area (TPSA) is 175 Å². The molecule has 4 aromatic heterocycles. The van der Waals surface area contributed by atoms with Crippen molar-refractivity contribution in [3.05, 3.63) is 107 Å². The van der Waals surface area contributed by atoms with Crippen LogP contribution in [-0.4, -0.2) is 92.2 Å². The van der Waals surface area contributed by atoms with Gasteiger partial charge in [0.2, 0.25) is 0 Å². The molecule has 8 rings (SSSR count). The minimum absolute atomic E-state index is 0.256. The summed E-state index contributed by atoms with van der Waals surface area (Å²) in [5.74, 6) is 5.61. The van der Waals surface area contributed by atoms with Crippen LogP contribution >= 0.6 is 0 Å². The first-order valence-electron chi connectivity index (χ1n) is 19.3. The molecule has 0 unspecified atom stereocenters. The number of nitrogens with zero attached hydrogens (tertiary/aromatic N) is 9. The molecule has 0 amide bonds. The zero-order chi connectivity index (χ0) is 40.3. The van der Waals surface area contributed by atoms with Crippen LogP contribution in [0.4, 0.5) is 34.9 Å². The third-order valence-corrected chi connectivity index (χ3v) is 10.5. The zero-order valence-corrected chi connectivity index (χ0v) is 32.8. The van der Waals surface area contributed by atoms with E-state index in [-0.39, 0.29) is 11.6 Å². The van der Waals surface area contributed by atoms with Crippen LogP contribution in [0.2, 0.25) is 0 Å². The van der Waals surface area contributed by atoms with Crippen molar-refractivity contribution in [2.24, 2.45) is 0 Å². The van der Waals surface area contributed by atoms with Crippen molar-refractivity contribution in [2.75, 3.05) is 57.6 Å². The van der Waals surface area contributed by atoms with Crippen molar-refractivity contribution < 1.29 is 9.47 Å². The normalized spacial score (nSPS) is 14.7. The summed E-state index contributed by atoms with van der Waals surface area (Å²) in [6.45, 7) is 21.6. The monoisotopic (exact) mass is 778 g/mol. The number of aromatic nitrogens is 8. The number of benzene rings is 2. The van der Waals surface area contributed by atoms with Gasteiger partial charge in [-0.25, -0.2) is 9.97 Å². The fourth-order valence-corrected chi connectivity index (χ4v) is 7.30. The van der Waals surface area contributed by atoms with E-state index in [0.717, 1.165) is 79.6 Å². The van der Waals surface area contributed by atoms with Crippen LogP contribution in [0.25, 0.3) is 32.2 Å². The lowest BCUT2D eigenvalue weighted by molar-refractivity contribution is 0.222. The van der Waals surface area contributed by atoms with Crippen LogP contribution in [0.5, 0.6) is 11.5 Å². The molecule has 0 saturated carbocycles. The fourth-order valence-electron chi connectivity index (χ4n) is 7.30. The predicted octanol–water partition coefficient (Wildman–Crippen LogP) is 8.01. The quantitative estimate of drug-likeness (QED) is 0.0803. The first-order valence-corrected chi connectivity index (χ1v) is 19.3. The van der Waals surface area contributed by atoms with Gasteiger partial charge in [0.1, 0.15) is 11.5 Å². The summed E-state index contributed by atoms with van der Waals surface area (Å²) < 4.78 is 11.3. The van der Waals surface area contributed by atoms with E-state index in [1.54, 1.807) is 14.2 Å². The van der Waals surface area contributed by atoms with Gasteiger partial charge in [-0.1, -0.05) is 32.2 Å². The number of H-pyrrole nitrogens is 2. The third kappa shape index (κ3) is 9.55. The number of aromatic amines is 2. The van der Waals surface area contributed by atoms with Gasteiger partial charge in [-0.3, -0.25) is 10.2 Å². The first-order chi connectivity index (χ1) is 28.5. The van der Waals surface area contributed by atoms with Gasteiger partial charge < -0.3 is 40.0 Å². The first kappa shape index (κ1) is 39.4. The molecule has 2 saturated heterocycles. The average Bonchev–Trinajstić information content (AvgIpc) is 3.97. The minimum atomic E-state index is 0.256. The summed E-state index contributed by atoms with van der Waals surface area (Å²) in [5.41, 5.74) is 6.27. The maximum absolute atomic E-state index is 6.94. The van der Waals surface area contributed by atoms with Crippen molar-refractivity contribution in [1.29, 1.82) is 0 Å². The lowest BCUT2D eigenvalue weighted by Gasteiger charge is -2.31. The summed E-state index contributed by atoms with van der Waals surface area (Å²) in [6.07, 6.45) is 10.5. The third-order valence-electron chi connectivity index (χ3n) is 10.5. The van der Waals surface area contributed by atoms with Gasteiger partial charge in [0, 0.05) is 23.3 Å². The van der Waals surface area contributed by atoms with Crippen LogP contribution in [0.1, 0.15) is 55.6 Å². The summed E-state index contributed by atoms with van der Waals surface area (Å²) in [4.78, 5) is 25.3. The van der Waals surface area contributed by atoms with E-state index in [1.807, 2.05) is 12.1 Å². The predicted molar refractivity (Wildman–Crippen MR) is 223 cm³/mol. The SMILES string of the molecule is [C-]#[N+]c1cnc(Nc2cc(-c3ccc(C4CCN(CC)CC4)cc3OC)[nH]n2)cn1.[C-]#[N+]c1cnc(Nc2cc(-c3ccc(C4CCNCC4)cc3OC)[nH]n2)cn1. The second-order valence-corrected chi connectivity index (χ2v) is 14.0. The number of rotatable bonds is 11. The van der Waals surface area contributed by atoms with E-state index >= 15 is 0 Å². The summed E-state index contributed by atoms with van der Waals surface area (Å²) >= 11 is 0. The molecule has 2 aliphatic heterocycles. The molecule has 16 heteroatoms. The Kier molecular flexibility index (Phi) is 12.8. The van der Waals surface area contributed by atoms with E-state index in [9.17, 15) is 0 Å². The molecule has 16 nitrogen and oxygen atoms in total. The van der Waals surface area contributed by atoms with Crippen molar-refractivity contribution in [3.8, 4) is 34.0 Å². The maximum atomic E-state index is 6.94. The molecule has 6 heterocycles. The van der Waals surface area contributed by atoms with E-state index in [0.29, 0.717) is 35.1 Å².